The molecule has 0 amide bonds. The first-order chi connectivity index (χ1) is 6.31. The molecule has 3 atom stereocenters. The minimum atomic E-state index is -0.276. The van der Waals surface area contributed by atoms with Gasteiger partial charge in [0.25, 0.3) is 0 Å². The molecule has 3 heteroatoms. The van der Waals surface area contributed by atoms with Crippen LogP contribution in [0.25, 0.3) is 0 Å². The number of morpholine rings is 1. The molecule has 0 radical (unpaired) electrons. The number of fused-ring (bicyclic) bond motifs is 1. The van der Waals surface area contributed by atoms with Gasteiger partial charge in [0.2, 0.25) is 0 Å². The molecule has 2 rings (SSSR count). The minimum Gasteiger partial charge on any atom is -0.390 e. The van der Waals surface area contributed by atoms with Crippen molar-refractivity contribution < 1.29 is 9.84 Å². The molecule has 0 aliphatic carbocycles. The maximum atomic E-state index is 9.65. The molecule has 3 nitrogen and oxygen atoms in total. The normalized spacial score (nSPS) is 37.4. The van der Waals surface area contributed by atoms with E-state index in [1.165, 1.54) is 19.4 Å². The summed E-state index contributed by atoms with van der Waals surface area (Å²) in [6, 6.07) is 0.639. The van der Waals surface area contributed by atoms with Gasteiger partial charge in [-0.3, -0.25) is 4.90 Å². The summed E-state index contributed by atoms with van der Waals surface area (Å²) in [5.74, 6) is 0. The number of hydrogen-bond donors (Lipinski definition) is 1. The molecule has 0 aromatic rings. The first-order valence-corrected chi connectivity index (χ1v) is 5.35. The SMILES string of the molecule is CCC(O)C1CN2CCCC2CO1. The Morgan fingerprint density at radius 1 is 1.62 bits per heavy atom. The van der Waals surface area contributed by atoms with Crippen molar-refractivity contribution in [1.29, 1.82) is 0 Å². The molecule has 0 saturated carbocycles. The summed E-state index contributed by atoms with van der Waals surface area (Å²) in [6.07, 6.45) is 3.14. The molecule has 2 saturated heterocycles. The number of nitrogens with zero attached hydrogens (tertiary/aromatic N) is 1. The van der Waals surface area contributed by atoms with Gasteiger partial charge in [0.1, 0.15) is 0 Å². The first-order valence-electron chi connectivity index (χ1n) is 5.35. The van der Waals surface area contributed by atoms with Gasteiger partial charge >= 0.3 is 0 Å². The van der Waals surface area contributed by atoms with E-state index in [9.17, 15) is 5.11 Å². The molecule has 0 spiro atoms. The van der Waals surface area contributed by atoms with Gasteiger partial charge in [-0.1, -0.05) is 6.92 Å². The molecule has 76 valence electrons. The Morgan fingerprint density at radius 2 is 2.46 bits per heavy atom. The molecule has 2 fully saturated rings. The highest BCUT2D eigenvalue weighted by Crippen LogP contribution is 2.24. The molecule has 0 aromatic heterocycles. The second-order valence-electron chi connectivity index (χ2n) is 4.14. The first kappa shape index (κ1) is 9.44. The van der Waals surface area contributed by atoms with Crippen LogP contribution < -0.4 is 0 Å². The molecule has 13 heavy (non-hydrogen) atoms. The van der Waals surface area contributed by atoms with Gasteiger partial charge in [-0.25, -0.2) is 0 Å². The topological polar surface area (TPSA) is 32.7 Å². The third-order valence-electron chi connectivity index (χ3n) is 3.26. The summed E-state index contributed by atoms with van der Waals surface area (Å²) in [6.45, 7) is 4.95. The van der Waals surface area contributed by atoms with E-state index in [4.69, 9.17) is 4.74 Å². The average Bonchev–Trinajstić information content (AvgIpc) is 2.63. The van der Waals surface area contributed by atoms with Crippen LogP contribution in [0, 0.1) is 0 Å². The Balaban J connectivity index is 1.89. The predicted octanol–water partition coefficient (Wildman–Crippen LogP) is 0.620. The van der Waals surface area contributed by atoms with Crippen LogP contribution in [0.5, 0.6) is 0 Å². The van der Waals surface area contributed by atoms with Crippen LogP contribution in [0.4, 0.5) is 0 Å². The standard InChI is InChI=1S/C10H19NO2/c1-2-9(12)10-6-11-5-3-4-8(11)7-13-10/h8-10,12H,2-7H2,1H3. The second-order valence-corrected chi connectivity index (χ2v) is 4.14. The predicted molar refractivity (Wildman–Crippen MR) is 50.6 cm³/mol. The number of ether oxygens (including phenoxy) is 1. The van der Waals surface area contributed by atoms with Crippen LogP contribution in [0.1, 0.15) is 26.2 Å². The Bertz CT molecular complexity index is 174. The van der Waals surface area contributed by atoms with Gasteiger partial charge in [-0.2, -0.15) is 0 Å². The average molecular weight is 185 g/mol. The van der Waals surface area contributed by atoms with Crippen molar-refractivity contribution in [3.05, 3.63) is 0 Å². The van der Waals surface area contributed by atoms with E-state index in [-0.39, 0.29) is 12.2 Å². The Labute approximate surface area is 79.7 Å². The Morgan fingerprint density at radius 3 is 3.23 bits per heavy atom. The van der Waals surface area contributed by atoms with Crippen molar-refractivity contribution in [2.75, 3.05) is 19.7 Å². The zero-order valence-electron chi connectivity index (χ0n) is 8.28. The molecule has 0 aromatic carbocycles. The van der Waals surface area contributed by atoms with Crippen molar-refractivity contribution in [2.24, 2.45) is 0 Å². The molecule has 2 aliphatic heterocycles. The van der Waals surface area contributed by atoms with E-state index in [2.05, 4.69) is 4.90 Å². The van der Waals surface area contributed by atoms with E-state index in [1.54, 1.807) is 0 Å². The fraction of sp³-hybridized carbons (Fsp3) is 1.00. The van der Waals surface area contributed by atoms with Crippen LogP contribution in [0.3, 0.4) is 0 Å². The summed E-state index contributed by atoms with van der Waals surface area (Å²) in [5, 5.41) is 9.65. The summed E-state index contributed by atoms with van der Waals surface area (Å²) >= 11 is 0. The van der Waals surface area contributed by atoms with E-state index in [0.717, 1.165) is 19.6 Å². The van der Waals surface area contributed by atoms with E-state index >= 15 is 0 Å². The third-order valence-corrected chi connectivity index (χ3v) is 3.26. The lowest BCUT2D eigenvalue weighted by Gasteiger charge is -2.37. The van der Waals surface area contributed by atoms with Gasteiger partial charge in [0.05, 0.1) is 18.8 Å². The fourth-order valence-corrected chi connectivity index (χ4v) is 2.34. The molecule has 1 N–H and O–H groups in total. The van der Waals surface area contributed by atoms with Crippen LogP contribution in [-0.2, 0) is 4.74 Å². The van der Waals surface area contributed by atoms with Crippen molar-refractivity contribution >= 4 is 0 Å². The molecule has 3 unspecified atom stereocenters. The summed E-state index contributed by atoms with van der Waals surface area (Å²) in [5.41, 5.74) is 0. The lowest BCUT2D eigenvalue weighted by Crippen LogP contribution is -2.50. The highest BCUT2D eigenvalue weighted by molar-refractivity contribution is 4.87. The smallest absolute Gasteiger partial charge is 0.0961 e. The molecule has 2 heterocycles. The second kappa shape index (κ2) is 3.95. The van der Waals surface area contributed by atoms with Gasteiger partial charge < -0.3 is 9.84 Å². The maximum Gasteiger partial charge on any atom is 0.0961 e. The molecular weight excluding hydrogens is 166 g/mol. The van der Waals surface area contributed by atoms with Gasteiger partial charge in [0.15, 0.2) is 0 Å². The van der Waals surface area contributed by atoms with Gasteiger partial charge in [-0.05, 0) is 25.8 Å². The summed E-state index contributed by atoms with van der Waals surface area (Å²) < 4.78 is 5.65. The Kier molecular flexibility index (Phi) is 2.86. The van der Waals surface area contributed by atoms with Gasteiger partial charge in [-0.15, -0.1) is 0 Å². The van der Waals surface area contributed by atoms with Crippen LogP contribution >= 0.6 is 0 Å². The lowest BCUT2D eigenvalue weighted by molar-refractivity contribution is -0.102. The minimum absolute atomic E-state index is 0.0550. The zero-order chi connectivity index (χ0) is 9.26. The van der Waals surface area contributed by atoms with Crippen molar-refractivity contribution in [2.45, 2.75) is 44.4 Å². The van der Waals surface area contributed by atoms with Crippen LogP contribution in [0.15, 0.2) is 0 Å². The molecule has 0 bridgehead atoms. The lowest BCUT2D eigenvalue weighted by atomic mass is 10.1. The summed E-state index contributed by atoms with van der Waals surface area (Å²) in [7, 11) is 0. The summed E-state index contributed by atoms with van der Waals surface area (Å²) in [4.78, 5) is 2.47. The van der Waals surface area contributed by atoms with Crippen LogP contribution in [-0.4, -0.2) is 48.0 Å². The van der Waals surface area contributed by atoms with E-state index in [0.29, 0.717) is 6.04 Å². The van der Waals surface area contributed by atoms with Crippen molar-refractivity contribution in [3.63, 3.8) is 0 Å². The number of rotatable bonds is 2. The van der Waals surface area contributed by atoms with E-state index < -0.39 is 0 Å². The zero-order valence-corrected chi connectivity index (χ0v) is 8.28. The van der Waals surface area contributed by atoms with E-state index in [1.807, 2.05) is 6.92 Å². The highest BCUT2D eigenvalue weighted by atomic mass is 16.5. The maximum absolute atomic E-state index is 9.65. The van der Waals surface area contributed by atoms with Crippen LogP contribution in [0.2, 0.25) is 0 Å². The quantitative estimate of drug-likeness (QED) is 0.684. The fourth-order valence-electron chi connectivity index (χ4n) is 2.34. The number of hydrogen-bond acceptors (Lipinski definition) is 3. The number of aliphatic hydroxyl groups excluding tert-OH is 1. The Hall–Kier alpha value is -0.120. The molecule has 2 aliphatic rings. The largest absolute Gasteiger partial charge is 0.390 e. The molecular formula is C10H19NO2. The highest BCUT2D eigenvalue weighted by Gasteiger charge is 2.34. The van der Waals surface area contributed by atoms with Crippen molar-refractivity contribution in [1.82, 2.24) is 4.90 Å². The van der Waals surface area contributed by atoms with Gasteiger partial charge in [0, 0.05) is 12.6 Å². The van der Waals surface area contributed by atoms with Crippen molar-refractivity contribution in [3.8, 4) is 0 Å². The number of aliphatic hydroxyl groups is 1. The third kappa shape index (κ3) is 1.87. The monoisotopic (exact) mass is 185 g/mol.